The SMILES string of the molecule is CC(=O)CCCC1CCC2C3CCC4CCCCC4(C)C3=CC(=O)C12C. The number of ketones is 2. The lowest BCUT2D eigenvalue weighted by atomic mass is 9.48. The molecule has 26 heavy (non-hydrogen) atoms. The van der Waals surface area contributed by atoms with Gasteiger partial charge in [0.15, 0.2) is 5.78 Å². The van der Waals surface area contributed by atoms with Crippen molar-refractivity contribution in [1.29, 1.82) is 0 Å². The van der Waals surface area contributed by atoms with Gasteiger partial charge in [-0.25, -0.2) is 0 Å². The second-order valence-corrected chi connectivity index (χ2v) is 10.3. The summed E-state index contributed by atoms with van der Waals surface area (Å²) in [6.07, 6.45) is 15.3. The predicted octanol–water partition coefficient (Wildman–Crippen LogP) is 5.89. The van der Waals surface area contributed by atoms with Crippen LogP contribution in [0.5, 0.6) is 0 Å². The molecule has 2 nitrogen and oxygen atoms in total. The second kappa shape index (κ2) is 6.60. The Morgan fingerprint density at radius 2 is 1.92 bits per heavy atom. The molecule has 0 aliphatic heterocycles. The van der Waals surface area contributed by atoms with Crippen molar-refractivity contribution in [2.45, 2.75) is 91.4 Å². The third-order valence-electron chi connectivity index (χ3n) is 9.11. The lowest BCUT2D eigenvalue weighted by molar-refractivity contribution is -0.131. The van der Waals surface area contributed by atoms with E-state index in [4.69, 9.17) is 0 Å². The van der Waals surface area contributed by atoms with Crippen molar-refractivity contribution in [3.8, 4) is 0 Å². The van der Waals surface area contributed by atoms with Crippen molar-refractivity contribution in [1.82, 2.24) is 0 Å². The highest BCUT2D eigenvalue weighted by Gasteiger charge is 2.59. The van der Waals surface area contributed by atoms with Gasteiger partial charge in [-0.3, -0.25) is 4.79 Å². The molecule has 4 aliphatic carbocycles. The van der Waals surface area contributed by atoms with Crippen LogP contribution in [0, 0.1) is 34.5 Å². The Labute approximate surface area is 159 Å². The Morgan fingerprint density at radius 1 is 1.12 bits per heavy atom. The molecular weight excluding hydrogens is 320 g/mol. The number of carbonyl (C=O) groups excluding carboxylic acids is 2. The maximum Gasteiger partial charge on any atom is 0.162 e. The molecule has 6 unspecified atom stereocenters. The summed E-state index contributed by atoms with van der Waals surface area (Å²) in [5.74, 6) is 3.20. The van der Waals surface area contributed by atoms with Gasteiger partial charge in [0.25, 0.3) is 0 Å². The molecule has 4 rings (SSSR count). The summed E-state index contributed by atoms with van der Waals surface area (Å²) in [7, 11) is 0. The number of fused-ring (bicyclic) bond motifs is 5. The fraction of sp³-hybridized carbons (Fsp3) is 0.833. The molecule has 0 spiro atoms. The van der Waals surface area contributed by atoms with Gasteiger partial charge < -0.3 is 4.79 Å². The number of Topliss-reactive ketones (excluding diaryl/α,β-unsaturated/α-hetero) is 1. The molecule has 3 saturated carbocycles. The topological polar surface area (TPSA) is 34.1 Å². The Bertz CT molecular complexity index is 632. The molecule has 0 bridgehead atoms. The first-order valence-electron chi connectivity index (χ1n) is 11.1. The van der Waals surface area contributed by atoms with Crippen molar-refractivity contribution in [3.05, 3.63) is 11.6 Å². The van der Waals surface area contributed by atoms with E-state index >= 15 is 0 Å². The van der Waals surface area contributed by atoms with Crippen LogP contribution in [0.2, 0.25) is 0 Å². The minimum Gasteiger partial charge on any atom is -0.300 e. The van der Waals surface area contributed by atoms with Crippen LogP contribution in [0.1, 0.15) is 91.4 Å². The molecule has 0 heterocycles. The summed E-state index contributed by atoms with van der Waals surface area (Å²) < 4.78 is 0. The highest BCUT2D eigenvalue weighted by Crippen LogP contribution is 2.64. The molecule has 0 aromatic carbocycles. The zero-order valence-corrected chi connectivity index (χ0v) is 17.0. The van der Waals surface area contributed by atoms with Crippen molar-refractivity contribution in [2.75, 3.05) is 0 Å². The molecule has 144 valence electrons. The van der Waals surface area contributed by atoms with Crippen LogP contribution in [-0.2, 0) is 9.59 Å². The van der Waals surface area contributed by atoms with Crippen molar-refractivity contribution < 1.29 is 9.59 Å². The molecule has 0 saturated heterocycles. The van der Waals surface area contributed by atoms with Crippen molar-refractivity contribution in [2.24, 2.45) is 34.5 Å². The maximum absolute atomic E-state index is 13.4. The minimum atomic E-state index is -0.164. The average Bonchev–Trinajstić information content (AvgIpc) is 2.93. The fourth-order valence-corrected chi connectivity index (χ4v) is 7.52. The largest absolute Gasteiger partial charge is 0.300 e. The lowest BCUT2D eigenvalue weighted by Gasteiger charge is -2.55. The highest BCUT2D eigenvalue weighted by atomic mass is 16.1. The molecule has 0 amide bonds. The average molecular weight is 357 g/mol. The molecule has 4 aliphatic rings. The van der Waals surface area contributed by atoms with E-state index < -0.39 is 0 Å². The predicted molar refractivity (Wildman–Crippen MR) is 105 cm³/mol. The van der Waals surface area contributed by atoms with Gasteiger partial charge in [-0.1, -0.05) is 32.3 Å². The number of allylic oxidation sites excluding steroid dienone is 2. The van der Waals surface area contributed by atoms with E-state index in [-0.39, 0.29) is 11.2 Å². The van der Waals surface area contributed by atoms with E-state index in [1.54, 1.807) is 12.5 Å². The van der Waals surface area contributed by atoms with Gasteiger partial charge in [0.05, 0.1) is 0 Å². The monoisotopic (exact) mass is 356 g/mol. The van der Waals surface area contributed by atoms with Crippen LogP contribution in [0.25, 0.3) is 0 Å². The summed E-state index contributed by atoms with van der Waals surface area (Å²) in [6, 6.07) is 0. The molecule has 0 aromatic rings. The molecule has 3 fully saturated rings. The van der Waals surface area contributed by atoms with Crippen LogP contribution in [0.4, 0.5) is 0 Å². The summed E-state index contributed by atoms with van der Waals surface area (Å²) in [6.45, 7) is 6.43. The van der Waals surface area contributed by atoms with Gasteiger partial charge in [0, 0.05) is 11.8 Å². The van der Waals surface area contributed by atoms with Gasteiger partial charge in [-0.15, -0.1) is 0 Å². The first-order chi connectivity index (χ1) is 12.4. The third-order valence-corrected chi connectivity index (χ3v) is 9.11. The van der Waals surface area contributed by atoms with Gasteiger partial charge in [0.2, 0.25) is 0 Å². The standard InChI is InChI=1S/C24H36O2/c1-16(25)7-6-9-18-11-13-20-19-12-10-17-8-4-5-14-23(17,2)21(19)15-22(26)24(18,20)3/h15,17-20H,4-14H2,1-3H3. The molecule has 2 heteroatoms. The van der Waals surface area contributed by atoms with Gasteiger partial charge in [0.1, 0.15) is 5.78 Å². The van der Waals surface area contributed by atoms with E-state index in [1.807, 2.05) is 0 Å². The van der Waals surface area contributed by atoms with Gasteiger partial charge in [-0.2, -0.15) is 0 Å². The number of carbonyl (C=O) groups is 2. The molecule has 6 atom stereocenters. The Kier molecular flexibility index (Phi) is 4.68. The highest BCUT2D eigenvalue weighted by molar-refractivity contribution is 5.97. The van der Waals surface area contributed by atoms with Crippen LogP contribution < -0.4 is 0 Å². The first kappa shape index (κ1) is 18.4. The summed E-state index contributed by atoms with van der Waals surface area (Å²) in [4.78, 5) is 24.8. The zero-order valence-electron chi connectivity index (χ0n) is 17.0. The van der Waals surface area contributed by atoms with E-state index in [2.05, 4.69) is 19.9 Å². The summed E-state index contributed by atoms with van der Waals surface area (Å²) in [5, 5.41) is 0. The van der Waals surface area contributed by atoms with E-state index in [9.17, 15) is 9.59 Å². The first-order valence-corrected chi connectivity index (χ1v) is 11.1. The van der Waals surface area contributed by atoms with Crippen molar-refractivity contribution >= 4 is 11.6 Å². The van der Waals surface area contributed by atoms with Gasteiger partial charge >= 0.3 is 0 Å². The summed E-state index contributed by atoms with van der Waals surface area (Å²) in [5.41, 5.74) is 1.68. The third kappa shape index (κ3) is 2.66. The molecule has 0 aromatic heterocycles. The number of hydrogen-bond acceptors (Lipinski definition) is 2. The van der Waals surface area contributed by atoms with Gasteiger partial charge in [-0.05, 0) is 93.5 Å². The van der Waals surface area contributed by atoms with Crippen LogP contribution >= 0.6 is 0 Å². The Balaban J connectivity index is 1.61. The van der Waals surface area contributed by atoms with E-state index in [0.29, 0.717) is 35.4 Å². The lowest BCUT2D eigenvalue weighted by Crippen LogP contribution is -2.50. The zero-order chi connectivity index (χ0) is 18.5. The van der Waals surface area contributed by atoms with E-state index in [1.165, 1.54) is 51.4 Å². The Morgan fingerprint density at radius 3 is 2.69 bits per heavy atom. The van der Waals surface area contributed by atoms with Crippen LogP contribution in [0.15, 0.2) is 11.6 Å². The summed E-state index contributed by atoms with van der Waals surface area (Å²) >= 11 is 0. The maximum atomic E-state index is 13.4. The van der Waals surface area contributed by atoms with Crippen LogP contribution in [-0.4, -0.2) is 11.6 Å². The Hall–Kier alpha value is -0.920. The molecule has 0 radical (unpaired) electrons. The normalized spacial score (nSPS) is 44.7. The van der Waals surface area contributed by atoms with Crippen molar-refractivity contribution in [3.63, 3.8) is 0 Å². The smallest absolute Gasteiger partial charge is 0.162 e. The minimum absolute atomic E-state index is 0.164. The fourth-order valence-electron chi connectivity index (χ4n) is 7.52. The molecule has 0 N–H and O–H groups in total. The number of hydrogen-bond donors (Lipinski definition) is 0. The van der Waals surface area contributed by atoms with Crippen LogP contribution in [0.3, 0.4) is 0 Å². The molecular formula is C24H36O2. The quantitative estimate of drug-likeness (QED) is 0.629. The second-order valence-electron chi connectivity index (χ2n) is 10.3. The number of rotatable bonds is 4. The van der Waals surface area contributed by atoms with E-state index in [0.717, 1.165) is 18.8 Å².